The van der Waals surface area contributed by atoms with Gasteiger partial charge in [-0.2, -0.15) is 0 Å². The molecule has 0 unspecified atom stereocenters. The number of aryl methyl sites for hydroxylation is 2. The number of hydrogen-bond donors (Lipinski definition) is 0. The van der Waals surface area contributed by atoms with Crippen molar-refractivity contribution >= 4 is 21.4 Å². The monoisotopic (exact) mass is 341 g/mol. The summed E-state index contributed by atoms with van der Waals surface area (Å²) in [5.41, 5.74) is 3.25. The van der Waals surface area contributed by atoms with E-state index in [2.05, 4.69) is 0 Å². The minimum absolute atomic E-state index is 0.0848. The lowest BCUT2D eigenvalue weighted by Crippen LogP contribution is -2.41. The first-order chi connectivity index (χ1) is 11.4. The molecule has 0 radical (unpaired) electrons. The topological polar surface area (TPSA) is 54.5 Å². The molecule has 1 aliphatic heterocycles. The number of rotatable bonds is 3. The Kier molecular flexibility index (Phi) is 4.28. The van der Waals surface area contributed by atoms with Crippen molar-refractivity contribution in [2.24, 2.45) is 0 Å². The zero-order valence-electron chi connectivity index (χ0n) is 13.6. The molecule has 5 heteroatoms. The third-order valence-corrected chi connectivity index (χ3v) is 5.38. The van der Waals surface area contributed by atoms with Gasteiger partial charge in [0.1, 0.15) is 0 Å². The third-order valence-electron chi connectivity index (χ3n) is 4.01. The third kappa shape index (κ3) is 3.41. The van der Waals surface area contributed by atoms with Crippen LogP contribution in [0.5, 0.6) is 0 Å². The van der Waals surface area contributed by atoms with Gasteiger partial charge < -0.3 is 4.90 Å². The molecule has 1 heterocycles. The van der Waals surface area contributed by atoms with E-state index in [1.54, 1.807) is 17.0 Å². The molecule has 0 aliphatic carbocycles. The molecule has 0 aromatic heterocycles. The molecule has 0 fully saturated rings. The maximum atomic E-state index is 13.1. The molecular formula is C19H19NO3S. The number of anilines is 1. The lowest BCUT2D eigenvalue weighted by atomic mass is 10.1. The number of amides is 1. The van der Waals surface area contributed by atoms with Crippen LogP contribution in [-0.4, -0.2) is 26.1 Å². The highest BCUT2D eigenvalue weighted by Gasteiger charge is 2.32. The van der Waals surface area contributed by atoms with Crippen LogP contribution in [0.15, 0.2) is 60.0 Å². The van der Waals surface area contributed by atoms with E-state index >= 15 is 0 Å². The summed E-state index contributed by atoms with van der Waals surface area (Å²) in [6.45, 7) is 3.87. The Morgan fingerprint density at radius 3 is 2.29 bits per heavy atom. The SMILES string of the molecule is Cc1cccc(C(=O)N(c2cccc(C)c2)[C@@H]2C=CS(=O)(=O)C2)c1. The first-order valence-electron chi connectivity index (χ1n) is 7.73. The molecule has 124 valence electrons. The van der Waals surface area contributed by atoms with Crippen molar-refractivity contribution in [3.8, 4) is 0 Å². The van der Waals surface area contributed by atoms with Crippen LogP contribution in [0.1, 0.15) is 21.5 Å². The van der Waals surface area contributed by atoms with Crippen molar-refractivity contribution in [2.75, 3.05) is 10.7 Å². The van der Waals surface area contributed by atoms with Gasteiger partial charge in [0, 0.05) is 16.7 Å². The molecule has 0 saturated heterocycles. The van der Waals surface area contributed by atoms with Crippen LogP contribution < -0.4 is 4.90 Å². The Hall–Kier alpha value is -2.40. The Morgan fingerprint density at radius 1 is 1.04 bits per heavy atom. The summed E-state index contributed by atoms with van der Waals surface area (Å²) in [5.74, 6) is -0.283. The fourth-order valence-corrected chi connectivity index (χ4v) is 4.14. The number of benzene rings is 2. The van der Waals surface area contributed by atoms with Crippen molar-refractivity contribution in [2.45, 2.75) is 19.9 Å². The van der Waals surface area contributed by atoms with E-state index in [-0.39, 0.29) is 11.7 Å². The molecule has 1 atom stereocenters. The minimum Gasteiger partial charge on any atom is -0.300 e. The van der Waals surface area contributed by atoms with E-state index < -0.39 is 15.9 Å². The van der Waals surface area contributed by atoms with Gasteiger partial charge in [0.05, 0.1) is 11.8 Å². The summed E-state index contributed by atoms with van der Waals surface area (Å²) >= 11 is 0. The van der Waals surface area contributed by atoms with Gasteiger partial charge in [-0.1, -0.05) is 29.8 Å². The lowest BCUT2D eigenvalue weighted by molar-refractivity contribution is 0.0983. The van der Waals surface area contributed by atoms with Crippen LogP contribution in [0.25, 0.3) is 0 Å². The van der Waals surface area contributed by atoms with Crippen molar-refractivity contribution in [3.63, 3.8) is 0 Å². The van der Waals surface area contributed by atoms with Crippen LogP contribution in [0.4, 0.5) is 5.69 Å². The molecule has 0 bridgehead atoms. The van der Waals surface area contributed by atoms with Crippen molar-refractivity contribution in [3.05, 3.63) is 76.7 Å². The molecule has 4 nitrogen and oxygen atoms in total. The second-order valence-electron chi connectivity index (χ2n) is 6.11. The zero-order chi connectivity index (χ0) is 17.3. The van der Waals surface area contributed by atoms with E-state index in [0.29, 0.717) is 11.3 Å². The second-order valence-corrected chi connectivity index (χ2v) is 8.04. The van der Waals surface area contributed by atoms with E-state index in [0.717, 1.165) is 11.1 Å². The maximum absolute atomic E-state index is 13.1. The predicted molar refractivity (Wildman–Crippen MR) is 95.9 cm³/mol. The number of nitrogens with zero attached hydrogens (tertiary/aromatic N) is 1. The summed E-state index contributed by atoms with van der Waals surface area (Å²) in [5, 5.41) is 1.20. The molecule has 2 aromatic carbocycles. The number of carbonyl (C=O) groups is 1. The molecule has 2 aromatic rings. The van der Waals surface area contributed by atoms with Gasteiger partial charge in [-0.15, -0.1) is 0 Å². The summed E-state index contributed by atoms with van der Waals surface area (Å²) in [4.78, 5) is 14.7. The molecular weight excluding hydrogens is 322 g/mol. The first-order valence-corrected chi connectivity index (χ1v) is 9.45. The fourth-order valence-electron chi connectivity index (χ4n) is 2.87. The average molecular weight is 341 g/mol. The molecule has 1 aliphatic rings. The standard InChI is InChI=1S/C19H19NO3S/c1-14-5-3-7-16(11-14)19(21)20(17-8-4-6-15(2)12-17)18-9-10-24(22,23)13-18/h3-12,18H,13H2,1-2H3/t18-/m1/s1. The Bertz CT molecular complexity index is 916. The number of sulfone groups is 1. The molecule has 24 heavy (non-hydrogen) atoms. The van der Waals surface area contributed by atoms with Gasteiger partial charge in [0.15, 0.2) is 9.84 Å². The summed E-state index contributed by atoms with van der Waals surface area (Å²) in [6, 6.07) is 14.4. The predicted octanol–water partition coefficient (Wildman–Crippen LogP) is 3.26. The van der Waals surface area contributed by atoms with Gasteiger partial charge in [0.25, 0.3) is 5.91 Å². The summed E-state index contributed by atoms with van der Waals surface area (Å²) in [6.07, 6.45) is 1.59. The maximum Gasteiger partial charge on any atom is 0.258 e. The molecule has 0 N–H and O–H groups in total. The normalized spacial score (nSPS) is 18.5. The molecule has 0 saturated carbocycles. The van der Waals surface area contributed by atoms with Gasteiger partial charge in [-0.05, 0) is 49.8 Å². The summed E-state index contributed by atoms with van der Waals surface area (Å²) in [7, 11) is -3.26. The second kappa shape index (κ2) is 6.24. The van der Waals surface area contributed by atoms with Gasteiger partial charge >= 0.3 is 0 Å². The van der Waals surface area contributed by atoms with Gasteiger partial charge in [-0.3, -0.25) is 4.79 Å². The van der Waals surface area contributed by atoms with E-state index in [4.69, 9.17) is 0 Å². The molecule has 1 amide bonds. The van der Waals surface area contributed by atoms with Crippen LogP contribution in [0.3, 0.4) is 0 Å². The van der Waals surface area contributed by atoms with E-state index in [1.807, 2.05) is 56.3 Å². The van der Waals surface area contributed by atoms with Crippen LogP contribution in [0, 0.1) is 13.8 Å². The fraction of sp³-hybridized carbons (Fsp3) is 0.211. The highest BCUT2D eigenvalue weighted by atomic mass is 32.2. The Labute approximate surface area is 142 Å². The first kappa shape index (κ1) is 16.5. The van der Waals surface area contributed by atoms with Gasteiger partial charge in [-0.25, -0.2) is 8.42 Å². The van der Waals surface area contributed by atoms with Crippen molar-refractivity contribution in [1.29, 1.82) is 0 Å². The van der Waals surface area contributed by atoms with Crippen molar-refractivity contribution < 1.29 is 13.2 Å². The van der Waals surface area contributed by atoms with Gasteiger partial charge in [0.2, 0.25) is 0 Å². The van der Waals surface area contributed by atoms with Crippen LogP contribution in [0.2, 0.25) is 0 Å². The van der Waals surface area contributed by atoms with Crippen LogP contribution in [-0.2, 0) is 9.84 Å². The smallest absolute Gasteiger partial charge is 0.258 e. The number of carbonyl (C=O) groups excluding carboxylic acids is 1. The van der Waals surface area contributed by atoms with E-state index in [1.165, 1.54) is 5.41 Å². The minimum atomic E-state index is -3.26. The Balaban J connectivity index is 2.05. The lowest BCUT2D eigenvalue weighted by Gasteiger charge is -2.28. The molecule has 0 spiro atoms. The number of hydrogen-bond acceptors (Lipinski definition) is 3. The zero-order valence-corrected chi connectivity index (χ0v) is 14.5. The van der Waals surface area contributed by atoms with Crippen molar-refractivity contribution in [1.82, 2.24) is 0 Å². The Morgan fingerprint density at radius 2 is 1.71 bits per heavy atom. The average Bonchev–Trinajstić information content (AvgIpc) is 2.87. The molecule has 3 rings (SSSR count). The van der Waals surface area contributed by atoms with E-state index in [9.17, 15) is 13.2 Å². The quantitative estimate of drug-likeness (QED) is 0.861. The van der Waals surface area contributed by atoms with Crippen LogP contribution >= 0.6 is 0 Å². The highest BCUT2D eigenvalue weighted by molar-refractivity contribution is 7.94. The summed E-state index contributed by atoms with van der Waals surface area (Å²) < 4.78 is 23.7. The largest absolute Gasteiger partial charge is 0.300 e. The highest BCUT2D eigenvalue weighted by Crippen LogP contribution is 2.26.